The van der Waals surface area contributed by atoms with Crippen molar-refractivity contribution in [1.82, 2.24) is 9.80 Å². The predicted molar refractivity (Wildman–Crippen MR) is 164 cm³/mol. The summed E-state index contributed by atoms with van der Waals surface area (Å²) in [4.78, 5) is 41.4. The Hall–Kier alpha value is -3.55. The van der Waals surface area contributed by atoms with E-state index in [1.165, 1.54) is 10.5 Å². The topological polar surface area (TPSA) is 88.2 Å². The van der Waals surface area contributed by atoms with Crippen molar-refractivity contribution in [1.29, 1.82) is 0 Å². The Labute approximate surface area is 246 Å². The summed E-state index contributed by atoms with van der Waals surface area (Å²) in [5.74, 6) is 0.580. The maximum Gasteiger partial charge on any atom is 0.411 e. The van der Waals surface area contributed by atoms with Crippen molar-refractivity contribution < 1.29 is 23.9 Å². The number of hydrogen-bond donors (Lipinski definition) is 1. The van der Waals surface area contributed by atoms with Crippen LogP contribution in [0.5, 0.6) is 0 Å². The molecule has 8 nitrogen and oxygen atoms in total. The van der Waals surface area contributed by atoms with Crippen LogP contribution in [-0.2, 0) is 33.9 Å². The van der Waals surface area contributed by atoms with E-state index in [9.17, 15) is 14.4 Å². The number of amides is 3. The number of anilines is 1. The zero-order valence-electron chi connectivity index (χ0n) is 26.8. The Bertz CT molecular complexity index is 1180. The van der Waals surface area contributed by atoms with Gasteiger partial charge in [-0.1, -0.05) is 71.0 Å². The van der Waals surface area contributed by atoms with Crippen molar-refractivity contribution >= 4 is 23.8 Å². The van der Waals surface area contributed by atoms with E-state index in [2.05, 4.69) is 31.3 Å². The molecule has 0 atom stereocenters. The molecule has 8 heteroatoms. The highest BCUT2D eigenvalue weighted by Gasteiger charge is 2.48. The second-order valence-corrected chi connectivity index (χ2v) is 13.2. The minimum Gasteiger partial charge on any atom is -0.445 e. The zero-order valence-corrected chi connectivity index (χ0v) is 26.8. The van der Waals surface area contributed by atoms with Crippen LogP contribution in [0.15, 0.2) is 48.5 Å². The Balaban J connectivity index is 1.89. The highest BCUT2D eigenvalue weighted by Crippen LogP contribution is 2.35. The van der Waals surface area contributed by atoms with Crippen LogP contribution < -0.4 is 5.32 Å². The van der Waals surface area contributed by atoms with Crippen molar-refractivity contribution in [2.45, 2.75) is 93.0 Å². The first-order valence-corrected chi connectivity index (χ1v) is 14.2. The van der Waals surface area contributed by atoms with E-state index < -0.39 is 28.7 Å². The van der Waals surface area contributed by atoms with Gasteiger partial charge in [-0.25, -0.2) is 9.59 Å². The molecule has 0 spiro atoms. The van der Waals surface area contributed by atoms with Crippen LogP contribution >= 0.6 is 0 Å². The van der Waals surface area contributed by atoms with Gasteiger partial charge in [-0.05, 0) is 68.9 Å². The molecule has 2 aromatic carbocycles. The lowest BCUT2D eigenvalue weighted by Crippen LogP contribution is -2.66. The Kier molecular flexibility index (Phi) is 11.0. The summed E-state index contributed by atoms with van der Waals surface area (Å²) in [6.07, 6.45) is -0.0271. The number of carbonyl (C=O) groups excluding carboxylic acids is 3. The average Bonchev–Trinajstić information content (AvgIpc) is 2.89. The first-order valence-electron chi connectivity index (χ1n) is 14.2. The van der Waals surface area contributed by atoms with E-state index in [4.69, 9.17) is 9.47 Å². The number of benzene rings is 2. The summed E-state index contributed by atoms with van der Waals surface area (Å²) in [5.41, 5.74) is 1.58. The molecule has 1 N–H and O–H groups in total. The van der Waals surface area contributed by atoms with Crippen molar-refractivity contribution in [3.63, 3.8) is 0 Å². The minimum atomic E-state index is -0.732. The highest BCUT2D eigenvalue weighted by molar-refractivity contribution is 5.84. The Morgan fingerprint density at radius 2 is 1.15 bits per heavy atom. The van der Waals surface area contributed by atoms with Crippen LogP contribution in [0.4, 0.5) is 15.3 Å². The monoisotopic (exact) mass is 567 g/mol. The van der Waals surface area contributed by atoms with Crippen LogP contribution in [0.3, 0.4) is 0 Å². The number of likely N-dealkylation sites (N-methyl/N-ethyl adjacent to an activating group) is 2. The van der Waals surface area contributed by atoms with Gasteiger partial charge in [-0.2, -0.15) is 0 Å². The van der Waals surface area contributed by atoms with Crippen LogP contribution in [0.2, 0.25) is 0 Å². The van der Waals surface area contributed by atoms with Gasteiger partial charge in [0.15, 0.2) is 0 Å². The summed E-state index contributed by atoms with van der Waals surface area (Å²) >= 11 is 0. The molecule has 0 aliphatic carbocycles. The molecule has 0 saturated heterocycles. The van der Waals surface area contributed by atoms with E-state index in [0.29, 0.717) is 11.6 Å². The third kappa shape index (κ3) is 8.97. The van der Waals surface area contributed by atoms with E-state index in [0.717, 1.165) is 17.5 Å². The number of nitrogens with zero attached hydrogens (tertiary/aromatic N) is 2. The van der Waals surface area contributed by atoms with Gasteiger partial charge >= 0.3 is 12.2 Å². The zero-order chi connectivity index (χ0) is 31.2. The van der Waals surface area contributed by atoms with Gasteiger partial charge < -0.3 is 19.3 Å². The maximum atomic E-state index is 13.0. The van der Waals surface area contributed by atoms with Gasteiger partial charge in [0, 0.05) is 25.2 Å². The molecule has 41 heavy (non-hydrogen) atoms. The first kappa shape index (κ1) is 33.7. The quantitative estimate of drug-likeness (QED) is 0.326. The van der Waals surface area contributed by atoms with E-state index in [1.54, 1.807) is 43.3 Å². The Morgan fingerprint density at radius 1 is 0.707 bits per heavy atom. The number of carbonyl (C=O) groups is 3. The SMILES string of the molecule is CC(C)Cc1ccc(COC(=O)Nc2ccc(COC(=O)N(C)C(C)(C)C(C)(C)N(C)C(=O)C(C)(C)C)cc2)cc1. The highest BCUT2D eigenvalue weighted by atomic mass is 16.6. The molecule has 0 aliphatic heterocycles. The van der Waals surface area contributed by atoms with Gasteiger partial charge in [-0.15, -0.1) is 0 Å². The predicted octanol–water partition coefficient (Wildman–Crippen LogP) is 7.26. The molecule has 226 valence electrons. The molecule has 0 saturated carbocycles. The fourth-order valence-electron chi connectivity index (χ4n) is 4.28. The van der Waals surface area contributed by atoms with E-state index >= 15 is 0 Å². The number of rotatable bonds is 10. The molecular formula is C33H49N3O5. The minimum absolute atomic E-state index is 0.00863. The molecule has 3 amide bonds. The van der Waals surface area contributed by atoms with Gasteiger partial charge in [-0.3, -0.25) is 10.1 Å². The summed E-state index contributed by atoms with van der Waals surface area (Å²) in [7, 11) is 3.45. The van der Waals surface area contributed by atoms with Crippen molar-refractivity contribution in [3.05, 3.63) is 65.2 Å². The van der Waals surface area contributed by atoms with Crippen molar-refractivity contribution in [2.75, 3.05) is 19.4 Å². The molecule has 0 bridgehead atoms. The van der Waals surface area contributed by atoms with E-state index in [1.807, 2.05) is 60.6 Å². The lowest BCUT2D eigenvalue weighted by Gasteiger charge is -2.52. The third-order valence-electron chi connectivity index (χ3n) is 7.99. The van der Waals surface area contributed by atoms with Crippen LogP contribution in [-0.4, -0.2) is 53.1 Å². The molecule has 0 radical (unpaired) electrons. The standard InChI is InChI=1S/C33H49N3O5/c1-23(2)20-24-12-14-25(15-13-24)21-40-29(38)34-27-18-16-26(17-19-27)22-41-30(39)36(11)33(8,9)32(6,7)35(10)28(37)31(3,4)5/h12-19,23H,20-22H2,1-11H3,(H,34,38). The Morgan fingerprint density at radius 3 is 1.63 bits per heavy atom. The summed E-state index contributed by atoms with van der Waals surface area (Å²) < 4.78 is 10.9. The molecular weight excluding hydrogens is 518 g/mol. The van der Waals surface area contributed by atoms with Crippen molar-refractivity contribution in [2.24, 2.45) is 11.3 Å². The molecule has 0 aliphatic rings. The normalized spacial score (nSPS) is 12.1. The fraction of sp³-hybridized carbons (Fsp3) is 0.545. The molecule has 0 aromatic heterocycles. The molecule has 2 rings (SSSR count). The van der Waals surface area contributed by atoms with Gasteiger partial charge in [0.2, 0.25) is 5.91 Å². The van der Waals surface area contributed by atoms with Crippen LogP contribution in [0.25, 0.3) is 0 Å². The van der Waals surface area contributed by atoms with E-state index in [-0.39, 0.29) is 19.1 Å². The summed E-state index contributed by atoms with van der Waals surface area (Å²) in [6, 6.07) is 15.1. The first-order chi connectivity index (χ1) is 18.9. The second-order valence-electron chi connectivity index (χ2n) is 13.2. The smallest absolute Gasteiger partial charge is 0.411 e. The molecule has 0 unspecified atom stereocenters. The van der Waals surface area contributed by atoms with Crippen LogP contribution in [0, 0.1) is 11.3 Å². The van der Waals surface area contributed by atoms with Gasteiger partial charge in [0.05, 0.1) is 11.1 Å². The largest absolute Gasteiger partial charge is 0.445 e. The number of nitrogens with one attached hydrogen (secondary N) is 1. The molecule has 0 fully saturated rings. The summed E-state index contributed by atoms with van der Waals surface area (Å²) in [5, 5.41) is 2.72. The lowest BCUT2D eigenvalue weighted by atomic mass is 9.78. The lowest BCUT2D eigenvalue weighted by molar-refractivity contribution is -0.148. The number of ether oxygens (including phenoxy) is 2. The summed E-state index contributed by atoms with van der Waals surface area (Å²) in [6.45, 7) is 18.0. The second kappa shape index (κ2) is 13.4. The third-order valence-corrected chi connectivity index (χ3v) is 7.99. The van der Waals surface area contributed by atoms with Crippen LogP contribution in [0.1, 0.15) is 79.0 Å². The van der Waals surface area contributed by atoms with Gasteiger partial charge in [0.25, 0.3) is 0 Å². The number of hydrogen-bond acceptors (Lipinski definition) is 5. The molecule has 2 aromatic rings. The fourth-order valence-corrected chi connectivity index (χ4v) is 4.28. The maximum absolute atomic E-state index is 13.0. The van der Waals surface area contributed by atoms with Crippen molar-refractivity contribution in [3.8, 4) is 0 Å². The average molecular weight is 568 g/mol. The van der Waals surface area contributed by atoms with Gasteiger partial charge in [0.1, 0.15) is 13.2 Å². The molecule has 0 heterocycles.